The van der Waals surface area contributed by atoms with Gasteiger partial charge >= 0.3 is 0 Å². The van der Waals surface area contributed by atoms with Gasteiger partial charge in [-0.05, 0) is 86.6 Å². The summed E-state index contributed by atoms with van der Waals surface area (Å²) in [7, 11) is 0. The molecule has 3 aromatic carbocycles. The zero-order valence-electron chi connectivity index (χ0n) is 24.8. The van der Waals surface area contributed by atoms with Gasteiger partial charge in [-0.1, -0.05) is 84.4 Å². The van der Waals surface area contributed by atoms with E-state index in [1.807, 2.05) is 24.3 Å². The molecule has 0 radical (unpaired) electrons. The monoisotopic (exact) mass is 598 g/mol. The van der Waals surface area contributed by atoms with Crippen LogP contribution in [0.3, 0.4) is 0 Å². The van der Waals surface area contributed by atoms with Gasteiger partial charge in [-0.2, -0.15) is 0 Å². The normalized spacial score (nSPS) is 19.7. The van der Waals surface area contributed by atoms with Gasteiger partial charge in [-0.25, -0.2) is 0 Å². The van der Waals surface area contributed by atoms with Gasteiger partial charge in [0.25, 0.3) is 0 Å². The van der Waals surface area contributed by atoms with Crippen LogP contribution >= 0.6 is 11.6 Å². The van der Waals surface area contributed by atoms with Gasteiger partial charge in [-0.15, -0.1) is 0 Å². The third-order valence-corrected chi connectivity index (χ3v) is 8.84. The summed E-state index contributed by atoms with van der Waals surface area (Å²) in [5.74, 6) is 0.101. The first-order valence-corrected chi connectivity index (χ1v) is 16.0. The lowest BCUT2D eigenvalue weighted by atomic mass is 9.90. The molecule has 6 nitrogen and oxygen atoms in total. The van der Waals surface area contributed by atoms with Crippen molar-refractivity contribution in [1.29, 1.82) is 0 Å². The number of rotatable bonds is 12. The Kier molecular flexibility index (Phi) is 11.4. The molecule has 2 saturated heterocycles. The maximum absolute atomic E-state index is 14.1. The predicted molar refractivity (Wildman–Crippen MR) is 175 cm³/mol. The molecule has 2 heterocycles. The lowest BCUT2D eigenvalue weighted by molar-refractivity contribution is -0.133. The summed E-state index contributed by atoms with van der Waals surface area (Å²) in [4.78, 5) is 31.3. The zero-order chi connectivity index (χ0) is 29.9. The number of hydrogen-bond donors (Lipinski definition) is 2. The molecule has 5 rings (SSSR count). The highest BCUT2D eigenvalue weighted by Gasteiger charge is 2.32. The van der Waals surface area contributed by atoms with Crippen LogP contribution in [0.2, 0.25) is 5.02 Å². The zero-order valence-corrected chi connectivity index (χ0v) is 25.6. The molecule has 0 bridgehead atoms. The Morgan fingerprint density at radius 2 is 1.58 bits per heavy atom. The Labute approximate surface area is 261 Å². The molecule has 0 aromatic heterocycles. The van der Waals surface area contributed by atoms with Crippen LogP contribution in [0.5, 0.6) is 0 Å². The lowest BCUT2D eigenvalue weighted by Crippen LogP contribution is -2.49. The largest absolute Gasteiger partial charge is 0.351 e. The molecule has 0 unspecified atom stereocenters. The summed E-state index contributed by atoms with van der Waals surface area (Å²) in [6.07, 6.45) is 8.40. The summed E-state index contributed by atoms with van der Waals surface area (Å²) in [5.41, 5.74) is 3.33. The molecule has 2 aliphatic heterocycles. The second kappa shape index (κ2) is 15.9. The fourth-order valence-electron chi connectivity index (χ4n) is 6.18. The quantitative estimate of drug-likeness (QED) is 0.261. The van der Waals surface area contributed by atoms with Gasteiger partial charge in [0, 0.05) is 42.7 Å². The Hall–Kier alpha value is -3.45. The molecule has 0 spiro atoms. The van der Waals surface area contributed by atoms with Crippen LogP contribution in [0, 0.1) is 0 Å². The van der Waals surface area contributed by atoms with E-state index in [1.165, 1.54) is 24.0 Å². The molecule has 0 aliphatic carbocycles. The molecule has 43 heavy (non-hydrogen) atoms. The van der Waals surface area contributed by atoms with Crippen molar-refractivity contribution >= 4 is 29.5 Å². The maximum atomic E-state index is 14.1. The number of nitrogens with one attached hydrogen (secondary N) is 2. The lowest BCUT2D eigenvalue weighted by Gasteiger charge is -2.29. The first-order valence-electron chi connectivity index (χ1n) is 15.6. The van der Waals surface area contributed by atoms with Crippen molar-refractivity contribution in [2.24, 2.45) is 0 Å². The first-order chi connectivity index (χ1) is 21.0. The second-order valence-corrected chi connectivity index (χ2v) is 12.1. The summed E-state index contributed by atoms with van der Waals surface area (Å²) in [6.45, 7) is 5.08. The molecular weight excluding hydrogens is 556 g/mol. The van der Waals surface area contributed by atoms with E-state index in [-0.39, 0.29) is 29.8 Å². The van der Waals surface area contributed by atoms with E-state index >= 15 is 0 Å². The van der Waals surface area contributed by atoms with Crippen molar-refractivity contribution in [3.05, 3.63) is 113 Å². The molecule has 3 aromatic rings. The SMILES string of the molecule is O=C(C=Cc1ccc(Cl)cc1)NC[C@@H]1CCN(CC(c2ccccc2)c2ccccc2)C(=O)[C@H](CCCN2CCCC2)N1. The van der Waals surface area contributed by atoms with Crippen molar-refractivity contribution in [2.45, 2.75) is 50.1 Å². The van der Waals surface area contributed by atoms with Crippen LogP contribution in [0.1, 0.15) is 54.7 Å². The molecule has 2 aliphatic rings. The number of likely N-dealkylation sites (tertiary alicyclic amines) is 1. The Morgan fingerprint density at radius 3 is 2.23 bits per heavy atom. The molecule has 2 fully saturated rings. The van der Waals surface area contributed by atoms with E-state index < -0.39 is 0 Å². The second-order valence-electron chi connectivity index (χ2n) is 11.7. The van der Waals surface area contributed by atoms with E-state index in [4.69, 9.17) is 11.6 Å². The molecular formula is C36H43ClN4O2. The van der Waals surface area contributed by atoms with Crippen LogP contribution in [0.4, 0.5) is 0 Å². The minimum atomic E-state index is -0.274. The Morgan fingerprint density at radius 1 is 0.930 bits per heavy atom. The third-order valence-electron chi connectivity index (χ3n) is 8.59. The Bertz CT molecular complexity index is 1290. The van der Waals surface area contributed by atoms with Crippen molar-refractivity contribution in [1.82, 2.24) is 20.4 Å². The predicted octanol–water partition coefficient (Wildman–Crippen LogP) is 5.74. The summed E-state index contributed by atoms with van der Waals surface area (Å²) < 4.78 is 0. The minimum absolute atomic E-state index is 0.00511. The summed E-state index contributed by atoms with van der Waals surface area (Å²) >= 11 is 5.97. The van der Waals surface area contributed by atoms with Gasteiger partial charge in [0.2, 0.25) is 11.8 Å². The highest BCUT2D eigenvalue weighted by Crippen LogP contribution is 2.27. The number of halogens is 1. The summed E-state index contributed by atoms with van der Waals surface area (Å²) in [6, 6.07) is 28.1. The van der Waals surface area contributed by atoms with Gasteiger partial charge in [0.1, 0.15) is 0 Å². The Balaban J connectivity index is 1.26. The van der Waals surface area contributed by atoms with Crippen LogP contribution in [-0.4, -0.2) is 73.0 Å². The molecule has 7 heteroatoms. The van der Waals surface area contributed by atoms with Crippen molar-refractivity contribution in [3.8, 4) is 0 Å². The van der Waals surface area contributed by atoms with E-state index in [1.54, 1.807) is 24.3 Å². The molecule has 0 saturated carbocycles. The number of carbonyl (C=O) groups is 2. The highest BCUT2D eigenvalue weighted by molar-refractivity contribution is 6.30. The van der Waals surface area contributed by atoms with E-state index in [2.05, 4.69) is 69.0 Å². The van der Waals surface area contributed by atoms with Crippen LogP contribution in [-0.2, 0) is 9.59 Å². The van der Waals surface area contributed by atoms with E-state index in [0.29, 0.717) is 24.7 Å². The van der Waals surface area contributed by atoms with Gasteiger partial charge in [-0.3, -0.25) is 9.59 Å². The van der Waals surface area contributed by atoms with Gasteiger partial charge < -0.3 is 20.4 Å². The van der Waals surface area contributed by atoms with E-state index in [0.717, 1.165) is 44.5 Å². The number of nitrogens with zero attached hydrogens (tertiary/aromatic N) is 2. The van der Waals surface area contributed by atoms with Crippen molar-refractivity contribution in [3.63, 3.8) is 0 Å². The maximum Gasteiger partial charge on any atom is 0.244 e. The third kappa shape index (κ3) is 9.27. The van der Waals surface area contributed by atoms with Gasteiger partial charge in [0.05, 0.1) is 6.04 Å². The van der Waals surface area contributed by atoms with Crippen molar-refractivity contribution in [2.75, 3.05) is 39.3 Å². The van der Waals surface area contributed by atoms with Gasteiger partial charge in [0.15, 0.2) is 0 Å². The topological polar surface area (TPSA) is 64.7 Å². The number of amides is 2. The first kappa shape index (κ1) is 31.0. The standard InChI is InChI=1S/C36H43ClN4O2/c37-31-18-15-28(16-19-31)17-20-35(42)38-26-32-21-25-41(36(43)34(39-32)14-9-24-40-22-7-8-23-40)27-33(29-10-3-1-4-11-29)30-12-5-2-6-13-30/h1-6,10-13,15-20,32-34,39H,7-9,14,21-27H2,(H,38,42)/t32-,34-/m0/s1. The van der Waals surface area contributed by atoms with Crippen LogP contribution < -0.4 is 10.6 Å². The molecule has 2 N–H and O–H groups in total. The van der Waals surface area contributed by atoms with Crippen LogP contribution in [0.15, 0.2) is 91.0 Å². The smallest absolute Gasteiger partial charge is 0.244 e. The summed E-state index contributed by atoms with van der Waals surface area (Å²) in [5, 5.41) is 7.36. The minimum Gasteiger partial charge on any atom is -0.351 e. The fraction of sp³-hybridized carbons (Fsp3) is 0.389. The molecule has 226 valence electrons. The average molecular weight is 599 g/mol. The number of hydrogen-bond acceptors (Lipinski definition) is 4. The average Bonchev–Trinajstić information content (AvgIpc) is 3.51. The number of carbonyl (C=O) groups excluding carboxylic acids is 2. The van der Waals surface area contributed by atoms with E-state index in [9.17, 15) is 9.59 Å². The number of benzene rings is 3. The molecule has 2 atom stereocenters. The molecule has 2 amide bonds. The van der Waals surface area contributed by atoms with Crippen LogP contribution in [0.25, 0.3) is 6.08 Å². The van der Waals surface area contributed by atoms with Crippen molar-refractivity contribution < 1.29 is 9.59 Å². The fourth-order valence-corrected chi connectivity index (χ4v) is 6.30. The highest BCUT2D eigenvalue weighted by atomic mass is 35.5.